The van der Waals surface area contributed by atoms with Gasteiger partial charge in [-0.25, -0.2) is 0 Å². The van der Waals surface area contributed by atoms with Crippen LogP contribution in [0.5, 0.6) is 5.75 Å². The number of nitrogens with zero attached hydrogens (tertiary/aromatic N) is 1. The summed E-state index contributed by atoms with van der Waals surface area (Å²) in [6.07, 6.45) is 2.30. The number of nitrogens with one attached hydrogen (secondary N) is 2. The van der Waals surface area contributed by atoms with Gasteiger partial charge in [0.25, 0.3) is 0 Å². The van der Waals surface area contributed by atoms with Gasteiger partial charge < -0.3 is 20.3 Å². The third-order valence-corrected chi connectivity index (χ3v) is 5.04. The van der Waals surface area contributed by atoms with Crippen LogP contribution in [0.2, 0.25) is 0 Å². The third-order valence-electron chi connectivity index (χ3n) is 5.04. The number of carbonyl (C=O) groups excluding carboxylic acids is 2. The SMILES string of the molecule is CCOc1ccccc1N1CC(C(=O)NC2CCCNC2C)CC1=O.Cl. The van der Waals surface area contributed by atoms with Crippen molar-refractivity contribution in [3.05, 3.63) is 24.3 Å². The quantitative estimate of drug-likeness (QED) is 0.819. The van der Waals surface area contributed by atoms with E-state index in [-0.39, 0.29) is 48.6 Å². The number of amides is 2. The van der Waals surface area contributed by atoms with E-state index in [0.29, 0.717) is 18.9 Å². The first-order valence-corrected chi connectivity index (χ1v) is 9.16. The van der Waals surface area contributed by atoms with Gasteiger partial charge in [0, 0.05) is 25.0 Å². The van der Waals surface area contributed by atoms with E-state index in [1.54, 1.807) is 4.90 Å². The number of para-hydroxylation sites is 2. The lowest BCUT2D eigenvalue weighted by Crippen LogP contribution is -2.53. The van der Waals surface area contributed by atoms with Crippen LogP contribution < -0.4 is 20.3 Å². The Labute approximate surface area is 161 Å². The molecule has 2 aliphatic rings. The topological polar surface area (TPSA) is 70.7 Å². The van der Waals surface area contributed by atoms with Gasteiger partial charge in [0.15, 0.2) is 0 Å². The van der Waals surface area contributed by atoms with E-state index < -0.39 is 0 Å². The van der Waals surface area contributed by atoms with Gasteiger partial charge in [0.1, 0.15) is 5.75 Å². The van der Waals surface area contributed by atoms with Crippen molar-refractivity contribution in [3.8, 4) is 5.75 Å². The number of halogens is 1. The average molecular weight is 382 g/mol. The second kappa shape index (κ2) is 9.24. The van der Waals surface area contributed by atoms with Crippen LogP contribution >= 0.6 is 12.4 Å². The molecule has 2 N–H and O–H groups in total. The van der Waals surface area contributed by atoms with Crippen LogP contribution in [0.15, 0.2) is 24.3 Å². The normalized spacial score (nSPS) is 25.5. The highest BCUT2D eigenvalue weighted by molar-refractivity contribution is 6.01. The van der Waals surface area contributed by atoms with E-state index in [9.17, 15) is 9.59 Å². The molecular weight excluding hydrogens is 354 g/mol. The fourth-order valence-electron chi connectivity index (χ4n) is 3.62. The Morgan fingerprint density at radius 2 is 2.15 bits per heavy atom. The van der Waals surface area contributed by atoms with Crippen LogP contribution in [0, 0.1) is 5.92 Å². The van der Waals surface area contributed by atoms with Crippen LogP contribution in [0.4, 0.5) is 5.69 Å². The molecule has 2 saturated heterocycles. The Kier molecular flexibility index (Phi) is 7.29. The van der Waals surface area contributed by atoms with Crippen LogP contribution in [0.1, 0.15) is 33.1 Å². The predicted octanol–water partition coefficient (Wildman–Crippen LogP) is 2.12. The van der Waals surface area contributed by atoms with E-state index >= 15 is 0 Å². The highest BCUT2D eigenvalue weighted by Gasteiger charge is 2.37. The molecule has 6 nitrogen and oxygen atoms in total. The predicted molar refractivity (Wildman–Crippen MR) is 104 cm³/mol. The Morgan fingerprint density at radius 1 is 1.38 bits per heavy atom. The molecule has 3 unspecified atom stereocenters. The average Bonchev–Trinajstić information content (AvgIpc) is 2.99. The van der Waals surface area contributed by atoms with Gasteiger partial charge in [-0.2, -0.15) is 0 Å². The smallest absolute Gasteiger partial charge is 0.227 e. The molecule has 2 aliphatic heterocycles. The Hall–Kier alpha value is -1.79. The first kappa shape index (κ1) is 20.5. The molecule has 26 heavy (non-hydrogen) atoms. The maximum atomic E-state index is 12.6. The summed E-state index contributed by atoms with van der Waals surface area (Å²) in [6, 6.07) is 7.90. The lowest BCUT2D eigenvalue weighted by Gasteiger charge is -2.31. The van der Waals surface area contributed by atoms with Crippen molar-refractivity contribution in [1.82, 2.24) is 10.6 Å². The molecular formula is C19H28ClN3O3. The van der Waals surface area contributed by atoms with Crippen molar-refractivity contribution in [1.29, 1.82) is 0 Å². The Balaban J connectivity index is 0.00000243. The number of piperidine rings is 1. The summed E-state index contributed by atoms with van der Waals surface area (Å²) in [5, 5.41) is 6.52. The number of carbonyl (C=O) groups is 2. The second-order valence-corrected chi connectivity index (χ2v) is 6.81. The van der Waals surface area contributed by atoms with E-state index in [2.05, 4.69) is 17.6 Å². The summed E-state index contributed by atoms with van der Waals surface area (Å²) in [5.41, 5.74) is 0.748. The van der Waals surface area contributed by atoms with Crippen LogP contribution in [0.25, 0.3) is 0 Å². The first-order valence-electron chi connectivity index (χ1n) is 9.16. The molecule has 144 valence electrons. The van der Waals surface area contributed by atoms with Crippen molar-refractivity contribution in [2.45, 2.75) is 45.2 Å². The molecule has 2 heterocycles. The van der Waals surface area contributed by atoms with Gasteiger partial charge >= 0.3 is 0 Å². The van der Waals surface area contributed by atoms with Gasteiger partial charge in [0.2, 0.25) is 11.8 Å². The van der Waals surface area contributed by atoms with Crippen molar-refractivity contribution < 1.29 is 14.3 Å². The summed E-state index contributed by atoms with van der Waals surface area (Å²) in [6.45, 7) is 5.95. The van der Waals surface area contributed by atoms with Crippen molar-refractivity contribution in [2.24, 2.45) is 5.92 Å². The molecule has 0 aromatic heterocycles. The van der Waals surface area contributed by atoms with Gasteiger partial charge in [-0.3, -0.25) is 9.59 Å². The van der Waals surface area contributed by atoms with Gasteiger partial charge in [-0.05, 0) is 45.4 Å². The molecule has 3 rings (SSSR count). The molecule has 0 aliphatic carbocycles. The fraction of sp³-hybridized carbons (Fsp3) is 0.579. The minimum absolute atomic E-state index is 0. The standard InChI is InChI=1S/C19H27N3O3.ClH/c1-3-25-17-9-5-4-8-16(17)22-12-14(11-18(22)23)19(24)21-15-7-6-10-20-13(15)2;/h4-5,8-9,13-15,20H,3,6-7,10-12H2,1-2H3,(H,21,24);1H. The summed E-state index contributed by atoms with van der Waals surface area (Å²) in [7, 11) is 0. The van der Waals surface area contributed by atoms with E-state index in [1.807, 2.05) is 31.2 Å². The van der Waals surface area contributed by atoms with Gasteiger partial charge in [0.05, 0.1) is 18.2 Å². The van der Waals surface area contributed by atoms with Crippen molar-refractivity contribution in [2.75, 3.05) is 24.6 Å². The minimum Gasteiger partial charge on any atom is -0.492 e. The second-order valence-electron chi connectivity index (χ2n) is 6.81. The molecule has 0 bridgehead atoms. The van der Waals surface area contributed by atoms with E-state index in [0.717, 1.165) is 25.1 Å². The molecule has 0 saturated carbocycles. The van der Waals surface area contributed by atoms with Crippen molar-refractivity contribution >= 4 is 29.9 Å². The highest BCUT2D eigenvalue weighted by Crippen LogP contribution is 2.33. The zero-order valence-corrected chi connectivity index (χ0v) is 16.2. The maximum absolute atomic E-state index is 12.6. The zero-order chi connectivity index (χ0) is 17.8. The number of anilines is 1. The largest absolute Gasteiger partial charge is 0.492 e. The van der Waals surface area contributed by atoms with Crippen molar-refractivity contribution in [3.63, 3.8) is 0 Å². The molecule has 2 amide bonds. The molecule has 2 fully saturated rings. The first-order chi connectivity index (χ1) is 12.1. The lowest BCUT2D eigenvalue weighted by atomic mass is 9.98. The molecule has 1 aromatic carbocycles. The summed E-state index contributed by atoms with van der Waals surface area (Å²) in [4.78, 5) is 26.8. The molecule has 1 aromatic rings. The summed E-state index contributed by atoms with van der Waals surface area (Å²) >= 11 is 0. The van der Waals surface area contributed by atoms with E-state index in [4.69, 9.17) is 4.74 Å². The molecule has 0 radical (unpaired) electrons. The zero-order valence-electron chi connectivity index (χ0n) is 15.4. The van der Waals surface area contributed by atoms with Crippen LogP contribution in [-0.4, -0.2) is 43.6 Å². The maximum Gasteiger partial charge on any atom is 0.227 e. The van der Waals surface area contributed by atoms with Crippen LogP contribution in [0.3, 0.4) is 0 Å². The third kappa shape index (κ3) is 4.48. The lowest BCUT2D eigenvalue weighted by molar-refractivity contribution is -0.127. The minimum atomic E-state index is -0.309. The van der Waals surface area contributed by atoms with Gasteiger partial charge in [-0.15, -0.1) is 12.4 Å². The Bertz CT molecular complexity index is 640. The summed E-state index contributed by atoms with van der Waals surface area (Å²) < 4.78 is 5.63. The number of hydrogen-bond donors (Lipinski definition) is 2. The number of ether oxygens (including phenoxy) is 1. The number of hydrogen-bond acceptors (Lipinski definition) is 4. The highest BCUT2D eigenvalue weighted by atomic mass is 35.5. The molecule has 3 atom stereocenters. The number of rotatable bonds is 5. The Morgan fingerprint density at radius 3 is 2.88 bits per heavy atom. The van der Waals surface area contributed by atoms with Gasteiger partial charge in [-0.1, -0.05) is 12.1 Å². The monoisotopic (exact) mass is 381 g/mol. The molecule has 7 heteroatoms. The molecule has 0 spiro atoms. The van der Waals surface area contributed by atoms with E-state index in [1.165, 1.54) is 0 Å². The van der Waals surface area contributed by atoms with Crippen LogP contribution in [-0.2, 0) is 9.59 Å². The fourth-order valence-corrected chi connectivity index (χ4v) is 3.62. The number of benzene rings is 1. The summed E-state index contributed by atoms with van der Waals surface area (Å²) in [5.74, 6) is 0.327.